The SMILES string of the molecule is c1ccc2c3c4c(cccc4cc2c1)-c1cscc1C3. The summed E-state index contributed by atoms with van der Waals surface area (Å²) < 4.78 is 0. The highest BCUT2D eigenvalue weighted by Crippen LogP contribution is 2.43. The molecule has 3 aromatic carbocycles. The van der Waals surface area contributed by atoms with Crippen LogP contribution in [0.2, 0.25) is 0 Å². The third-order valence-electron chi connectivity index (χ3n) is 4.39. The van der Waals surface area contributed by atoms with Crippen LogP contribution in [0.25, 0.3) is 32.7 Å². The van der Waals surface area contributed by atoms with Crippen LogP contribution in [-0.2, 0) is 6.42 Å². The fourth-order valence-electron chi connectivity index (χ4n) is 3.52. The third kappa shape index (κ3) is 1.26. The lowest BCUT2D eigenvalue weighted by molar-refractivity contribution is 1.24. The van der Waals surface area contributed by atoms with Gasteiger partial charge in [0.2, 0.25) is 0 Å². The van der Waals surface area contributed by atoms with E-state index in [0.29, 0.717) is 0 Å². The van der Waals surface area contributed by atoms with Gasteiger partial charge in [-0.3, -0.25) is 0 Å². The fraction of sp³-hybridized carbons (Fsp3) is 0.0526. The third-order valence-corrected chi connectivity index (χ3v) is 5.19. The Labute approximate surface area is 121 Å². The highest BCUT2D eigenvalue weighted by Gasteiger charge is 2.20. The van der Waals surface area contributed by atoms with Crippen molar-refractivity contribution in [3.63, 3.8) is 0 Å². The molecule has 0 bridgehead atoms. The Balaban J connectivity index is 2.08. The molecule has 1 aromatic heterocycles. The molecular weight excluding hydrogens is 260 g/mol. The molecule has 4 aromatic rings. The molecule has 5 rings (SSSR count). The summed E-state index contributed by atoms with van der Waals surface area (Å²) in [6, 6.07) is 17.8. The second-order valence-corrected chi connectivity index (χ2v) is 6.21. The van der Waals surface area contributed by atoms with Crippen molar-refractivity contribution in [1.82, 2.24) is 0 Å². The molecule has 1 aliphatic rings. The first-order valence-corrected chi connectivity index (χ1v) is 7.85. The van der Waals surface area contributed by atoms with E-state index in [1.165, 1.54) is 43.8 Å². The maximum Gasteiger partial charge on any atom is 0.000120 e. The first-order valence-electron chi connectivity index (χ1n) is 6.90. The molecule has 0 N–H and O–H groups in total. The molecule has 0 saturated heterocycles. The zero-order valence-electron chi connectivity index (χ0n) is 10.9. The van der Waals surface area contributed by atoms with Crippen molar-refractivity contribution in [2.75, 3.05) is 0 Å². The summed E-state index contributed by atoms with van der Waals surface area (Å²) in [5.41, 5.74) is 5.82. The van der Waals surface area contributed by atoms with Crippen LogP contribution in [0.1, 0.15) is 11.1 Å². The van der Waals surface area contributed by atoms with Gasteiger partial charge in [-0.1, -0.05) is 42.5 Å². The van der Waals surface area contributed by atoms with E-state index in [1.54, 1.807) is 0 Å². The van der Waals surface area contributed by atoms with Crippen LogP contribution in [0.3, 0.4) is 0 Å². The molecule has 1 heteroatoms. The van der Waals surface area contributed by atoms with Crippen LogP contribution >= 0.6 is 11.3 Å². The van der Waals surface area contributed by atoms with Crippen LogP contribution in [0.15, 0.2) is 59.3 Å². The van der Waals surface area contributed by atoms with E-state index >= 15 is 0 Å². The molecule has 0 fully saturated rings. The number of fused-ring (bicyclic) bond motifs is 4. The highest BCUT2D eigenvalue weighted by atomic mass is 32.1. The predicted molar refractivity (Wildman–Crippen MR) is 87.6 cm³/mol. The van der Waals surface area contributed by atoms with Gasteiger partial charge < -0.3 is 0 Å². The average molecular weight is 272 g/mol. The fourth-order valence-corrected chi connectivity index (χ4v) is 4.38. The van der Waals surface area contributed by atoms with E-state index in [-0.39, 0.29) is 0 Å². The first kappa shape index (κ1) is 10.6. The minimum Gasteiger partial charge on any atom is -0.151 e. The Kier molecular flexibility index (Phi) is 1.97. The zero-order chi connectivity index (χ0) is 13.1. The van der Waals surface area contributed by atoms with Gasteiger partial charge in [0, 0.05) is 6.42 Å². The van der Waals surface area contributed by atoms with Gasteiger partial charge in [-0.2, -0.15) is 11.3 Å². The Morgan fingerprint density at radius 2 is 1.70 bits per heavy atom. The normalized spacial score (nSPS) is 12.8. The largest absolute Gasteiger partial charge is 0.151 e. The van der Waals surface area contributed by atoms with Crippen LogP contribution in [0, 0.1) is 0 Å². The van der Waals surface area contributed by atoms with Gasteiger partial charge in [0.15, 0.2) is 0 Å². The Morgan fingerprint density at radius 1 is 0.800 bits per heavy atom. The van der Waals surface area contributed by atoms with E-state index in [2.05, 4.69) is 59.3 Å². The summed E-state index contributed by atoms with van der Waals surface area (Å²) in [5.74, 6) is 0. The molecule has 0 radical (unpaired) electrons. The molecule has 1 aliphatic carbocycles. The lowest BCUT2D eigenvalue weighted by Crippen LogP contribution is -1.99. The van der Waals surface area contributed by atoms with Crippen molar-refractivity contribution in [2.24, 2.45) is 0 Å². The number of thiophene rings is 1. The molecule has 0 unspecified atom stereocenters. The van der Waals surface area contributed by atoms with E-state index in [0.717, 1.165) is 6.42 Å². The molecule has 0 saturated carbocycles. The van der Waals surface area contributed by atoms with E-state index in [9.17, 15) is 0 Å². The molecule has 0 aliphatic heterocycles. The monoisotopic (exact) mass is 272 g/mol. The summed E-state index contributed by atoms with van der Waals surface area (Å²) in [5, 5.41) is 10.2. The van der Waals surface area contributed by atoms with Crippen LogP contribution in [0.5, 0.6) is 0 Å². The summed E-state index contributed by atoms with van der Waals surface area (Å²) >= 11 is 1.82. The molecule has 20 heavy (non-hydrogen) atoms. The quantitative estimate of drug-likeness (QED) is 0.321. The standard InChI is InChI=1S/C19H12S/c1-2-6-15-12(4-1)8-13-5-3-7-16-18-11-20-10-14(18)9-17(15)19(13)16/h1-8,10-11H,9H2. The molecule has 0 spiro atoms. The zero-order valence-corrected chi connectivity index (χ0v) is 11.7. The Morgan fingerprint density at radius 3 is 2.70 bits per heavy atom. The second-order valence-electron chi connectivity index (χ2n) is 5.47. The van der Waals surface area contributed by atoms with Gasteiger partial charge in [0.05, 0.1) is 0 Å². The van der Waals surface area contributed by atoms with Crippen molar-refractivity contribution in [3.05, 3.63) is 70.4 Å². The lowest BCUT2D eigenvalue weighted by Gasteiger charge is -2.20. The van der Waals surface area contributed by atoms with E-state index in [1.807, 2.05) is 11.3 Å². The van der Waals surface area contributed by atoms with Crippen molar-refractivity contribution in [3.8, 4) is 11.1 Å². The second kappa shape index (κ2) is 3.71. The Bertz CT molecular complexity index is 976. The van der Waals surface area contributed by atoms with Crippen molar-refractivity contribution >= 4 is 32.9 Å². The summed E-state index contributed by atoms with van der Waals surface area (Å²) in [4.78, 5) is 0. The smallest absolute Gasteiger partial charge is 0.000120 e. The van der Waals surface area contributed by atoms with Gasteiger partial charge in [-0.15, -0.1) is 0 Å². The van der Waals surface area contributed by atoms with Crippen molar-refractivity contribution < 1.29 is 0 Å². The van der Waals surface area contributed by atoms with Gasteiger partial charge in [0.1, 0.15) is 0 Å². The van der Waals surface area contributed by atoms with E-state index < -0.39 is 0 Å². The van der Waals surface area contributed by atoms with Crippen molar-refractivity contribution in [2.45, 2.75) is 6.42 Å². The molecule has 94 valence electrons. The molecular formula is C19H12S. The lowest BCUT2D eigenvalue weighted by atomic mass is 9.83. The number of hydrogen-bond acceptors (Lipinski definition) is 1. The van der Waals surface area contributed by atoms with Gasteiger partial charge in [-0.05, 0) is 60.6 Å². The maximum atomic E-state index is 2.33. The highest BCUT2D eigenvalue weighted by molar-refractivity contribution is 7.08. The number of hydrogen-bond donors (Lipinski definition) is 0. The number of rotatable bonds is 0. The first-order chi connectivity index (χ1) is 9.92. The van der Waals surface area contributed by atoms with Gasteiger partial charge in [-0.25, -0.2) is 0 Å². The maximum absolute atomic E-state index is 2.33. The van der Waals surface area contributed by atoms with Gasteiger partial charge >= 0.3 is 0 Å². The minimum atomic E-state index is 1.06. The van der Waals surface area contributed by atoms with E-state index in [4.69, 9.17) is 0 Å². The molecule has 0 atom stereocenters. The summed E-state index contributed by atoms with van der Waals surface area (Å²) in [6.07, 6.45) is 1.06. The average Bonchev–Trinajstić information content (AvgIpc) is 2.96. The topological polar surface area (TPSA) is 0 Å². The Hall–Kier alpha value is -2.12. The predicted octanol–water partition coefficient (Wildman–Crippen LogP) is 5.63. The van der Waals surface area contributed by atoms with Gasteiger partial charge in [0.25, 0.3) is 0 Å². The van der Waals surface area contributed by atoms with Crippen LogP contribution < -0.4 is 0 Å². The summed E-state index contributed by atoms with van der Waals surface area (Å²) in [6.45, 7) is 0. The molecule has 0 amide bonds. The van der Waals surface area contributed by atoms with Crippen molar-refractivity contribution in [1.29, 1.82) is 0 Å². The summed E-state index contributed by atoms with van der Waals surface area (Å²) in [7, 11) is 0. The van der Waals surface area contributed by atoms with Crippen LogP contribution in [0.4, 0.5) is 0 Å². The number of benzene rings is 3. The molecule has 0 nitrogen and oxygen atoms in total. The minimum absolute atomic E-state index is 1.06. The van der Waals surface area contributed by atoms with Crippen LogP contribution in [-0.4, -0.2) is 0 Å². The molecule has 1 heterocycles.